The topological polar surface area (TPSA) is 99.1 Å². The summed E-state index contributed by atoms with van der Waals surface area (Å²) in [6.45, 7) is 0.564. The van der Waals surface area contributed by atoms with Gasteiger partial charge in [-0.25, -0.2) is 4.98 Å². The van der Waals surface area contributed by atoms with E-state index in [1.165, 1.54) is 0 Å². The van der Waals surface area contributed by atoms with Gasteiger partial charge in [0, 0.05) is 11.9 Å². The number of nitrogens with zero attached hydrogens (tertiary/aromatic N) is 2. The van der Waals surface area contributed by atoms with E-state index in [2.05, 4.69) is 15.3 Å². The fraction of sp³-hybridized carbons (Fsp3) is 0.231. The van der Waals surface area contributed by atoms with Gasteiger partial charge in [0.1, 0.15) is 11.6 Å². The molecule has 1 aromatic heterocycles. The van der Waals surface area contributed by atoms with Crippen LogP contribution >= 0.6 is 0 Å². The van der Waals surface area contributed by atoms with Crippen molar-refractivity contribution in [3.63, 3.8) is 0 Å². The number of ether oxygens (including phenoxy) is 1. The van der Waals surface area contributed by atoms with Gasteiger partial charge in [-0.2, -0.15) is 4.98 Å². The zero-order valence-corrected chi connectivity index (χ0v) is 10.8. The smallest absolute Gasteiger partial charge is 0.229 e. The molecule has 6 heteroatoms. The van der Waals surface area contributed by atoms with Crippen molar-refractivity contribution in [2.45, 2.75) is 6.42 Å². The van der Waals surface area contributed by atoms with E-state index >= 15 is 0 Å². The third kappa shape index (κ3) is 3.32. The summed E-state index contributed by atoms with van der Waals surface area (Å²) in [5, 5.41) is 3.10. The van der Waals surface area contributed by atoms with Crippen molar-refractivity contribution in [3.8, 4) is 5.75 Å². The number of nitrogen functional groups attached to an aromatic ring is 1. The van der Waals surface area contributed by atoms with Crippen LogP contribution in [0.25, 0.3) is 0 Å². The molecule has 0 saturated heterocycles. The van der Waals surface area contributed by atoms with Gasteiger partial charge in [0.2, 0.25) is 5.95 Å². The van der Waals surface area contributed by atoms with Gasteiger partial charge < -0.3 is 21.5 Å². The van der Waals surface area contributed by atoms with Crippen LogP contribution in [0.4, 0.5) is 17.5 Å². The predicted molar refractivity (Wildman–Crippen MR) is 75.5 cm³/mol. The molecule has 6 nitrogen and oxygen atoms in total. The lowest BCUT2D eigenvalue weighted by molar-refractivity contribution is 0.410. The van der Waals surface area contributed by atoms with Crippen molar-refractivity contribution in [2.24, 2.45) is 5.73 Å². The molecular weight excluding hydrogens is 242 g/mol. The molecule has 0 saturated carbocycles. The molecule has 0 unspecified atom stereocenters. The van der Waals surface area contributed by atoms with Gasteiger partial charge in [-0.05, 0) is 42.8 Å². The van der Waals surface area contributed by atoms with Crippen LogP contribution in [-0.2, 0) is 6.42 Å². The molecule has 1 heterocycles. The molecule has 100 valence electrons. The molecule has 0 amide bonds. The zero-order chi connectivity index (χ0) is 13.7. The summed E-state index contributed by atoms with van der Waals surface area (Å²) in [5.74, 6) is 1.71. The van der Waals surface area contributed by atoms with Gasteiger partial charge in [0.25, 0.3) is 0 Å². The second kappa shape index (κ2) is 6.01. The van der Waals surface area contributed by atoms with Crippen molar-refractivity contribution >= 4 is 17.5 Å². The number of aromatic nitrogens is 2. The number of nitrogens with two attached hydrogens (primary N) is 2. The van der Waals surface area contributed by atoms with Crippen LogP contribution in [-0.4, -0.2) is 23.6 Å². The van der Waals surface area contributed by atoms with Gasteiger partial charge in [-0.15, -0.1) is 0 Å². The molecule has 2 aromatic rings. The molecule has 2 rings (SSSR count). The number of anilines is 3. The van der Waals surface area contributed by atoms with Crippen LogP contribution < -0.4 is 21.5 Å². The summed E-state index contributed by atoms with van der Waals surface area (Å²) in [4.78, 5) is 8.18. The lowest BCUT2D eigenvalue weighted by Gasteiger charge is -2.11. The Morgan fingerprint density at radius 3 is 2.84 bits per heavy atom. The largest absolute Gasteiger partial charge is 0.496 e. The average molecular weight is 259 g/mol. The highest BCUT2D eigenvalue weighted by Gasteiger charge is 2.05. The number of nitrogens with one attached hydrogen (secondary N) is 1. The normalized spacial score (nSPS) is 10.2. The van der Waals surface area contributed by atoms with Gasteiger partial charge >= 0.3 is 0 Å². The molecule has 0 aliphatic rings. The Morgan fingerprint density at radius 1 is 1.32 bits per heavy atom. The monoisotopic (exact) mass is 259 g/mol. The number of benzene rings is 1. The van der Waals surface area contributed by atoms with Crippen molar-refractivity contribution in [2.75, 3.05) is 24.7 Å². The maximum Gasteiger partial charge on any atom is 0.229 e. The molecule has 0 bridgehead atoms. The van der Waals surface area contributed by atoms with Crippen LogP contribution in [0, 0.1) is 0 Å². The number of hydrogen-bond acceptors (Lipinski definition) is 6. The molecular formula is C13H17N5O. The van der Waals surface area contributed by atoms with Crippen molar-refractivity contribution in [1.82, 2.24) is 9.97 Å². The minimum absolute atomic E-state index is 0.424. The number of hydrogen-bond donors (Lipinski definition) is 3. The van der Waals surface area contributed by atoms with Gasteiger partial charge in [0.05, 0.1) is 7.11 Å². The number of rotatable bonds is 5. The second-order valence-corrected chi connectivity index (χ2v) is 4.00. The van der Waals surface area contributed by atoms with Crippen molar-refractivity contribution in [1.29, 1.82) is 0 Å². The van der Waals surface area contributed by atoms with Crippen molar-refractivity contribution < 1.29 is 4.74 Å². The summed E-state index contributed by atoms with van der Waals surface area (Å²) >= 11 is 0. The lowest BCUT2D eigenvalue weighted by Crippen LogP contribution is -2.05. The van der Waals surface area contributed by atoms with E-state index in [9.17, 15) is 0 Å². The summed E-state index contributed by atoms with van der Waals surface area (Å²) in [7, 11) is 1.64. The van der Waals surface area contributed by atoms with Crippen molar-refractivity contribution in [3.05, 3.63) is 36.0 Å². The van der Waals surface area contributed by atoms with Gasteiger partial charge in [0.15, 0.2) is 0 Å². The first-order chi connectivity index (χ1) is 9.22. The third-order valence-corrected chi connectivity index (χ3v) is 2.63. The Hall–Kier alpha value is -2.34. The highest BCUT2D eigenvalue weighted by atomic mass is 16.5. The Kier molecular flexibility index (Phi) is 4.15. The lowest BCUT2D eigenvalue weighted by atomic mass is 10.1. The standard InChI is InChI=1S/C13H17N5O/c1-19-11-3-2-10(8-9(11)4-6-14)17-13-16-7-5-12(15)18-13/h2-3,5,7-8H,4,6,14H2,1H3,(H3,15,16,17,18). The Bertz CT molecular complexity index is 558. The SMILES string of the molecule is COc1ccc(Nc2nccc(N)n2)cc1CCN. The highest BCUT2D eigenvalue weighted by molar-refractivity contribution is 5.58. The summed E-state index contributed by atoms with van der Waals surface area (Å²) in [6, 6.07) is 7.39. The fourth-order valence-corrected chi connectivity index (χ4v) is 1.77. The van der Waals surface area contributed by atoms with Crippen LogP contribution in [0.3, 0.4) is 0 Å². The maximum atomic E-state index is 5.61. The quantitative estimate of drug-likeness (QED) is 0.748. The first-order valence-electron chi connectivity index (χ1n) is 5.95. The predicted octanol–water partition coefficient (Wildman–Crippen LogP) is 1.31. The Morgan fingerprint density at radius 2 is 2.16 bits per heavy atom. The van der Waals surface area contributed by atoms with Crippen LogP contribution in [0.5, 0.6) is 5.75 Å². The molecule has 19 heavy (non-hydrogen) atoms. The molecule has 0 aliphatic heterocycles. The van der Waals surface area contributed by atoms with E-state index in [4.69, 9.17) is 16.2 Å². The zero-order valence-electron chi connectivity index (χ0n) is 10.8. The van der Waals surface area contributed by atoms with Crippen LogP contribution in [0.15, 0.2) is 30.5 Å². The van der Waals surface area contributed by atoms with Crippen LogP contribution in [0.1, 0.15) is 5.56 Å². The minimum Gasteiger partial charge on any atom is -0.496 e. The van der Waals surface area contributed by atoms with E-state index in [1.807, 2.05) is 18.2 Å². The fourth-order valence-electron chi connectivity index (χ4n) is 1.77. The summed E-state index contributed by atoms with van der Waals surface area (Å²) in [5.41, 5.74) is 13.1. The van der Waals surface area contributed by atoms with E-state index < -0.39 is 0 Å². The highest BCUT2D eigenvalue weighted by Crippen LogP contribution is 2.24. The Labute approximate surface area is 111 Å². The first kappa shape index (κ1) is 13.1. The van der Waals surface area contributed by atoms with E-state index in [0.29, 0.717) is 18.3 Å². The Balaban J connectivity index is 2.23. The average Bonchev–Trinajstić information content (AvgIpc) is 2.39. The molecule has 1 aromatic carbocycles. The molecule has 0 spiro atoms. The van der Waals surface area contributed by atoms with Gasteiger partial charge in [-0.1, -0.05) is 0 Å². The molecule has 5 N–H and O–H groups in total. The maximum absolute atomic E-state index is 5.61. The minimum atomic E-state index is 0.424. The molecule has 0 atom stereocenters. The van der Waals surface area contributed by atoms with Crippen LogP contribution in [0.2, 0.25) is 0 Å². The molecule has 0 fully saturated rings. The number of methoxy groups -OCH3 is 1. The molecule has 0 radical (unpaired) electrons. The van der Waals surface area contributed by atoms with E-state index in [-0.39, 0.29) is 0 Å². The third-order valence-electron chi connectivity index (χ3n) is 2.63. The molecule has 0 aliphatic carbocycles. The van der Waals surface area contributed by atoms with E-state index in [0.717, 1.165) is 23.4 Å². The van der Waals surface area contributed by atoms with Gasteiger partial charge in [-0.3, -0.25) is 0 Å². The van der Waals surface area contributed by atoms with E-state index in [1.54, 1.807) is 19.4 Å². The second-order valence-electron chi connectivity index (χ2n) is 4.00. The first-order valence-corrected chi connectivity index (χ1v) is 5.95. The summed E-state index contributed by atoms with van der Waals surface area (Å²) < 4.78 is 5.29. The summed E-state index contributed by atoms with van der Waals surface area (Å²) in [6.07, 6.45) is 2.35.